The van der Waals surface area contributed by atoms with Gasteiger partial charge in [0.2, 0.25) is 0 Å². The summed E-state index contributed by atoms with van der Waals surface area (Å²) in [5.41, 5.74) is 0.652. The summed E-state index contributed by atoms with van der Waals surface area (Å²) < 4.78 is 11.5. The molecule has 84 valence electrons. The van der Waals surface area contributed by atoms with Crippen LogP contribution in [0.15, 0.2) is 39.8 Å². The van der Waals surface area contributed by atoms with Gasteiger partial charge in [-0.3, -0.25) is 4.79 Å². The fourth-order valence-corrected chi connectivity index (χ4v) is 1.41. The first-order valence-electron chi connectivity index (χ1n) is 4.88. The smallest absolute Gasteiger partial charge is 0.250 e. The fourth-order valence-electron chi connectivity index (χ4n) is 1.41. The number of hydrogen-bond acceptors (Lipinski definition) is 4. The van der Waals surface area contributed by atoms with Crippen molar-refractivity contribution >= 4 is 0 Å². The monoisotopic (exact) mass is 220 g/mol. The van der Waals surface area contributed by atoms with E-state index in [0.717, 1.165) is 0 Å². The number of pyridine rings is 1. The molecule has 2 rings (SSSR count). The zero-order chi connectivity index (χ0) is 11.4. The largest absolute Gasteiger partial charge is 0.377 e. The summed E-state index contributed by atoms with van der Waals surface area (Å²) in [6, 6.07) is 6.80. The molecule has 0 saturated carbocycles. The molecule has 0 aliphatic rings. The molecule has 0 aromatic carbocycles. The predicted octanol–water partition coefficient (Wildman–Crippen LogP) is 1.03. The van der Waals surface area contributed by atoms with Gasteiger partial charge in [-0.05, 0) is 6.07 Å². The zero-order valence-corrected chi connectivity index (χ0v) is 8.92. The second-order valence-corrected chi connectivity index (χ2v) is 3.38. The summed E-state index contributed by atoms with van der Waals surface area (Å²) in [4.78, 5) is 11.4. The Balaban J connectivity index is 2.15. The molecule has 0 aliphatic heterocycles. The standard InChI is InChI=1S/C11H12N2O3/c1-15-8-10-6-9(12-16-10)7-13-5-3-2-4-11(13)14/h2-6H,7-8H2,1H3. The van der Waals surface area contributed by atoms with Crippen LogP contribution in [0.1, 0.15) is 11.5 Å². The Labute approximate surface area is 92.3 Å². The van der Waals surface area contributed by atoms with Crippen molar-refractivity contribution in [1.29, 1.82) is 0 Å². The number of rotatable bonds is 4. The topological polar surface area (TPSA) is 57.3 Å². The predicted molar refractivity (Wildman–Crippen MR) is 57.0 cm³/mol. The van der Waals surface area contributed by atoms with E-state index in [9.17, 15) is 4.79 Å². The van der Waals surface area contributed by atoms with Crippen LogP contribution in [0.5, 0.6) is 0 Å². The van der Waals surface area contributed by atoms with Gasteiger partial charge in [0.1, 0.15) is 12.3 Å². The molecule has 0 spiro atoms. The number of hydrogen-bond donors (Lipinski definition) is 0. The van der Waals surface area contributed by atoms with Gasteiger partial charge < -0.3 is 13.8 Å². The van der Waals surface area contributed by atoms with Gasteiger partial charge in [0.05, 0.1) is 6.54 Å². The van der Waals surface area contributed by atoms with Gasteiger partial charge in [-0.15, -0.1) is 0 Å². The van der Waals surface area contributed by atoms with E-state index in [1.807, 2.05) is 0 Å². The van der Waals surface area contributed by atoms with E-state index < -0.39 is 0 Å². The maximum atomic E-state index is 11.4. The van der Waals surface area contributed by atoms with Crippen molar-refractivity contribution in [3.8, 4) is 0 Å². The SMILES string of the molecule is COCc1cc(Cn2ccccc2=O)no1. The van der Waals surface area contributed by atoms with E-state index >= 15 is 0 Å². The van der Waals surface area contributed by atoms with Crippen LogP contribution < -0.4 is 5.56 Å². The highest BCUT2D eigenvalue weighted by atomic mass is 16.5. The van der Waals surface area contributed by atoms with Crippen molar-refractivity contribution in [2.45, 2.75) is 13.2 Å². The molecule has 0 fully saturated rings. The van der Waals surface area contributed by atoms with Crippen LogP contribution in [-0.2, 0) is 17.9 Å². The van der Waals surface area contributed by atoms with Crippen molar-refractivity contribution in [3.63, 3.8) is 0 Å². The molecular weight excluding hydrogens is 208 g/mol. The third-order valence-corrected chi connectivity index (χ3v) is 2.13. The van der Waals surface area contributed by atoms with E-state index in [2.05, 4.69) is 5.16 Å². The molecule has 2 aromatic heterocycles. The van der Waals surface area contributed by atoms with Crippen LogP contribution >= 0.6 is 0 Å². The first-order chi connectivity index (χ1) is 7.79. The molecule has 2 aromatic rings. The van der Waals surface area contributed by atoms with Crippen LogP contribution in [-0.4, -0.2) is 16.8 Å². The number of aromatic nitrogens is 2. The molecule has 0 N–H and O–H groups in total. The highest BCUT2D eigenvalue weighted by Gasteiger charge is 2.04. The van der Waals surface area contributed by atoms with Crippen LogP contribution in [0.2, 0.25) is 0 Å². The van der Waals surface area contributed by atoms with Crippen molar-refractivity contribution in [1.82, 2.24) is 9.72 Å². The quantitative estimate of drug-likeness (QED) is 0.772. The summed E-state index contributed by atoms with van der Waals surface area (Å²) in [5.74, 6) is 0.654. The van der Waals surface area contributed by atoms with E-state index in [-0.39, 0.29) is 5.56 Å². The summed E-state index contributed by atoms with van der Waals surface area (Å²) in [5, 5.41) is 3.86. The van der Waals surface area contributed by atoms with E-state index in [4.69, 9.17) is 9.26 Å². The van der Waals surface area contributed by atoms with E-state index in [0.29, 0.717) is 24.6 Å². The average molecular weight is 220 g/mol. The summed E-state index contributed by atoms with van der Waals surface area (Å²) in [6.07, 6.45) is 1.72. The molecule has 16 heavy (non-hydrogen) atoms. The minimum Gasteiger partial charge on any atom is -0.377 e. The Morgan fingerprint density at radius 1 is 1.50 bits per heavy atom. The maximum absolute atomic E-state index is 11.4. The Morgan fingerprint density at radius 3 is 3.12 bits per heavy atom. The molecule has 0 atom stereocenters. The van der Waals surface area contributed by atoms with Crippen molar-refractivity contribution in [2.75, 3.05) is 7.11 Å². The number of methoxy groups -OCH3 is 1. The molecule has 5 heteroatoms. The van der Waals surface area contributed by atoms with Gasteiger partial charge in [-0.25, -0.2) is 0 Å². The van der Waals surface area contributed by atoms with Gasteiger partial charge in [0.25, 0.3) is 5.56 Å². The molecule has 0 saturated heterocycles. The van der Waals surface area contributed by atoms with Gasteiger partial charge >= 0.3 is 0 Å². The minimum atomic E-state index is -0.0567. The maximum Gasteiger partial charge on any atom is 0.250 e. The third kappa shape index (κ3) is 2.38. The Kier molecular flexibility index (Phi) is 3.16. The summed E-state index contributed by atoms with van der Waals surface area (Å²) in [6.45, 7) is 0.795. The normalized spacial score (nSPS) is 10.6. The molecule has 0 amide bonds. The summed E-state index contributed by atoms with van der Waals surface area (Å²) >= 11 is 0. The molecule has 0 aliphatic carbocycles. The van der Waals surface area contributed by atoms with Crippen LogP contribution in [0.4, 0.5) is 0 Å². The van der Waals surface area contributed by atoms with Gasteiger partial charge in [0, 0.05) is 25.4 Å². The van der Waals surface area contributed by atoms with Crippen LogP contribution in [0.3, 0.4) is 0 Å². The first-order valence-corrected chi connectivity index (χ1v) is 4.88. The second-order valence-electron chi connectivity index (χ2n) is 3.38. The van der Waals surface area contributed by atoms with Crippen molar-refractivity contribution in [3.05, 3.63) is 52.3 Å². The Morgan fingerprint density at radius 2 is 2.38 bits per heavy atom. The number of nitrogens with zero attached hydrogens (tertiary/aromatic N) is 2. The molecule has 0 unspecified atom stereocenters. The lowest BCUT2D eigenvalue weighted by molar-refractivity contribution is 0.155. The van der Waals surface area contributed by atoms with Gasteiger partial charge in [0.15, 0.2) is 5.76 Å². The van der Waals surface area contributed by atoms with Crippen LogP contribution in [0, 0.1) is 0 Å². The lowest BCUT2D eigenvalue weighted by Gasteiger charge is -1.99. The third-order valence-electron chi connectivity index (χ3n) is 2.13. The van der Waals surface area contributed by atoms with Crippen LogP contribution in [0.25, 0.3) is 0 Å². The first kappa shape index (κ1) is 10.6. The van der Waals surface area contributed by atoms with Crippen molar-refractivity contribution < 1.29 is 9.26 Å². The Bertz CT molecular complexity index is 516. The second kappa shape index (κ2) is 4.76. The lowest BCUT2D eigenvalue weighted by atomic mass is 10.3. The highest BCUT2D eigenvalue weighted by Crippen LogP contribution is 2.05. The number of ether oxygens (including phenoxy) is 1. The van der Waals surface area contributed by atoms with Gasteiger partial charge in [-0.2, -0.15) is 0 Å². The molecule has 0 radical (unpaired) electrons. The molecular formula is C11H12N2O3. The van der Waals surface area contributed by atoms with E-state index in [1.165, 1.54) is 6.07 Å². The van der Waals surface area contributed by atoms with Crippen molar-refractivity contribution in [2.24, 2.45) is 0 Å². The highest BCUT2D eigenvalue weighted by molar-refractivity contribution is 5.06. The molecule has 2 heterocycles. The summed E-state index contributed by atoms with van der Waals surface area (Å²) in [7, 11) is 1.59. The fraction of sp³-hybridized carbons (Fsp3) is 0.273. The van der Waals surface area contributed by atoms with E-state index in [1.54, 1.807) is 36.1 Å². The zero-order valence-electron chi connectivity index (χ0n) is 8.92. The average Bonchev–Trinajstić information content (AvgIpc) is 2.70. The van der Waals surface area contributed by atoms with Gasteiger partial charge in [-0.1, -0.05) is 11.2 Å². The lowest BCUT2D eigenvalue weighted by Crippen LogP contribution is -2.18. The molecule has 0 bridgehead atoms. The minimum absolute atomic E-state index is 0.0567. The molecule has 5 nitrogen and oxygen atoms in total. The Hall–Kier alpha value is -1.88.